The highest BCUT2D eigenvalue weighted by molar-refractivity contribution is 5.06. The second kappa shape index (κ2) is 5.22. The van der Waals surface area contributed by atoms with Gasteiger partial charge in [0.2, 0.25) is 0 Å². The lowest BCUT2D eigenvalue weighted by atomic mass is 10.1. The van der Waals surface area contributed by atoms with E-state index < -0.39 is 0 Å². The van der Waals surface area contributed by atoms with E-state index in [-0.39, 0.29) is 6.10 Å². The first-order valence-electron chi connectivity index (χ1n) is 4.93. The van der Waals surface area contributed by atoms with Crippen molar-refractivity contribution in [2.75, 3.05) is 0 Å². The number of hydrogen-bond acceptors (Lipinski definition) is 1. The predicted molar refractivity (Wildman–Crippen MR) is 50.9 cm³/mol. The Bertz CT molecular complexity index is 173. The molecule has 0 heterocycles. The van der Waals surface area contributed by atoms with Crippen LogP contribution < -0.4 is 0 Å². The van der Waals surface area contributed by atoms with E-state index in [1.165, 1.54) is 19.3 Å². The Morgan fingerprint density at radius 3 is 2.83 bits per heavy atom. The summed E-state index contributed by atoms with van der Waals surface area (Å²) in [6.07, 6.45) is 6.53. The molecule has 1 atom stereocenters. The van der Waals surface area contributed by atoms with Crippen LogP contribution in [0.3, 0.4) is 0 Å². The molecule has 12 heavy (non-hydrogen) atoms. The zero-order valence-corrected chi connectivity index (χ0v) is 8.10. The molecule has 0 saturated carbocycles. The van der Waals surface area contributed by atoms with E-state index in [0.717, 1.165) is 12.8 Å². The fourth-order valence-corrected chi connectivity index (χ4v) is 1.41. The quantitative estimate of drug-likeness (QED) is 0.573. The molecule has 0 radical (unpaired) electrons. The smallest absolute Gasteiger partial charge is 0.118 e. The van der Waals surface area contributed by atoms with Crippen LogP contribution in [-0.2, 0) is 4.74 Å². The van der Waals surface area contributed by atoms with Gasteiger partial charge in [-0.15, -0.1) is 5.92 Å². The van der Waals surface area contributed by atoms with Crippen molar-refractivity contribution in [3.8, 4) is 11.8 Å². The van der Waals surface area contributed by atoms with Crippen molar-refractivity contribution in [2.24, 2.45) is 0 Å². The monoisotopic (exact) mass is 166 g/mol. The van der Waals surface area contributed by atoms with Gasteiger partial charge >= 0.3 is 0 Å². The van der Waals surface area contributed by atoms with E-state index in [2.05, 4.69) is 25.7 Å². The molecule has 1 heteroatoms. The minimum absolute atomic E-state index is 0.199. The molecule has 1 rings (SSSR count). The third-order valence-electron chi connectivity index (χ3n) is 1.97. The van der Waals surface area contributed by atoms with Crippen LogP contribution in [0.15, 0.2) is 0 Å². The zero-order chi connectivity index (χ0) is 8.81. The first-order valence-corrected chi connectivity index (χ1v) is 4.93. The second-order valence-electron chi connectivity index (χ2n) is 3.59. The average Bonchev–Trinajstić information content (AvgIpc) is 1.93. The Kier molecular flexibility index (Phi) is 4.18. The SMILES string of the molecule is CC(C)OC1C#CCCCCC1. The molecular weight excluding hydrogens is 148 g/mol. The molecular formula is C11H18O. The highest BCUT2D eigenvalue weighted by Gasteiger charge is 2.08. The van der Waals surface area contributed by atoms with Crippen LogP contribution in [0, 0.1) is 11.8 Å². The first kappa shape index (κ1) is 9.61. The molecule has 0 saturated heterocycles. The number of rotatable bonds is 2. The lowest BCUT2D eigenvalue weighted by Crippen LogP contribution is -2.16. The summed E-state index contributed by atoms with van der Waals surface area (Å²) in [5.74, 6) is 6.35. The van der Waals surface area contributed by atoms with Gasteiger partial charge in [0.1, 0.15) is 6.10 Å². The summed E-state index contributed by atoms with van der Waals surface area (Å²) in [5, 5.41) is 0. The van der Waals surface area contributed by atoms with E-state index in [0.29, 0.717) is 6.10 Å². The lowest BCUT2D eigenvalue weighted by Gasteiger charge is -2.16. The molecule has 1 nitrogen and oxygen atoms in total. The molecule has 0 bridgehead atoms. The van der Waals surface area contributed by atoms with E-state index in [4.69, 9.17) is 4.74 Å². The van der Waals surface area contributed by atoms with Gasteiger partial charge < -0.3 is 4.74 Å². The van der Waals surface area contributed by atoms with Gasteiger partial charge in [0.25, 0.3) is 0 Å². The minimum Gasteiger partial charge on any atom is -0.363 e. The Hall–Kier alpha value is -0.480. The van der Waals surface area contributed by atoms with Gasteiger partial charge in [-0.3, -0.25) is 0 Å². The Balaban J connectivity index is 2.38. The fraction of sp³-hybridized carbons (Fsp3) is 0.818. The highest BCUT2D eigenvalue weighted by Crippen LogP contribution is 2.11. The van der Waals surface area contributed by atoms with Crippen molar-refractivity contribution in [3.63, 3.8) is 0 Å². The summed E-state index contributed by atoms with van der Waals surface area (Å²) in [6, 6.07) is 0. The van der Waals surface area contributed by atoms with Gasteiger partial charge in [-0.25, -0.2) is 0 Å². The van der Waals surface area contributed by atoms with Gasteiger partial charge in [0.05, 0.1) is 6.10 Å². The van der Waals surface area contributed by atoms with Crippen molar-refractivity contribution in [3.05, 3.63) is 0 Å². The van der Waals surface area contributed by atoms with Gasteiger partial charge in [0, 0.05) is 6.42 Å². The maximum absolute atomic E-state index is 5.65. The molecule has 0 aliphatic heterocycles. The van der Waals surface area contributed by atoms with Crippen molar-refractivity contribution >= 4 is 0 Å². The maximum atomic E-state index is 5.65. The van der Waals surface area contributed by atoms with E-state index in [9.17, 15) is 0 Å². The van der Waals surface area contributed by atoms with Crippen molar-refractivity contribution in [1.82, 2.24) is 0 Å². The predicted octanol–water partition coefficient (Wildman–Crippen LogP) is 2.75. The van der Waals surface area contributed by atoms with Gasteiger partial charge in [-0.2, -0.15) is 0 Å². The normalized spacial score (nSPS) is 24.1. The summed E-state index contributed by atoms with van der Waals surface area (Å²) in [7, 11) is 0. The molecule has 1 aliphatic rings. The molecule has 0 aromatic carbocycles. The van der Waals surface area contributed by atoms with Crippen molar-refractivity contribution < 1.29 is 4.74 Å². The molecule has 1 aliphatic carbocycles. The summed E-state index contributed by atoms with van der Waals surface area (Å²) in [5.41, 5.74) is 0. The minimum atomic E-state index is 0.199. The van der Waals surface area contributed by atoms with Crippen LogP contribution in [-0.4, -0.2) is 12.2 Å². The fourth-order valence-electron chi connectivity index (χ4n) is 1.41. The lowest BCUT2D eigenvalue weighted by molar-refractivity contribution is 0.0348. The van der Waals surface area contributed by atoms with Crippen LogP contribution in [0.25, 0.3) is 0 Å². The summed E-state index contributed by atoms with van der Waals surface area (Å²) >= 11 is 0. The summed E-state index contributed by atoms with van der Waals surface area (Å²) in [4.78, 5) is 0. The molecule has 0 N–H and O–H groups in total. The molecule has 0 spiro atoms. The highest BCUT2D eigenvalue weighted by atomic mass is 16.5. The van der Waals surface area contributed by atoms with Gasteiger partial charge in [0.15, 0.2) is 0 Å². The maximum Gasteiger partial charge on any atom is 0.118 e. The topological polar surface area (TPSA) is 9.23 Å². The van der Waals surface area contributed by atoms with Crippen LogP contribution in [0.1, 0.15) is 46.0 Å². The largest absolute Gasteiger partial charge is 0.363 e. The van der Waals surface area contributed by atoms with Gasteiger partial charge in [-0.05, 0) is 33.1 Å². The third kappa shape index (κ3) is 3.78. The van der Waals surface area contributed by atoms with E-state index in [1.807, 2.05) is 0 Å². The summed E-state index contributed by atoms with van der Waals surface area (Å²) in [6.45, 7) is 4.14. The Morgan fingerprint density at radius 1 is 1.25 bits per heavy atom. The van der Waals surface area contributed by atoms with E-state index in [1.54, 1.807) is 0 Å². The van der Waals surface area contributed by atoms with Gasteiger partial charge in [-0.1, -0.05) is 12.3 Å². The van der Waals surface area contributed by atoms with Crippen molar-refractivity contribution in [2.45, 2.75) is 58.2 Å². The molecule has 68 valence electrons. The average molecular weight is 166 g/mol. The molecule has 0 aromatic rings. The van der Waals surface area contributed by atoms with Crippen LogP contribution in [0.5, 0.6) is 0 Å². The zero-order valence-electron chi connectivity index (χ0n) is 8.10. The standard InChI is InChI=1S/C11H18O/c1-10(2)12-11-8-6-4-3-5-7-9-11/h10-11H,3-6,8H2,1-2H3. The number of hydrogen-bond donors (Lipinski definition) is 0. The van der Waals surface area contributed by atoms with Crippen molar-refractivity contribution in [1.29, 1.82) is 0 Å². The Morgan fingerprint density at radius 2 is 2.08 bits per heavy atom. The van der Waals surface area contributed by atoms with Crippen LogP contribution >= 0.6 is 0 Å². The summed E-state index contributed by atoms with van der Waals surface area (Å²) < 4.78 is 5.65. The third-order valence-corrected chi connectivity index (χ3v) is 1.97. The van der Waals surface area contributed by atoms with Crippen LogP contribution in [0.4, 0.5) is 0 Å². The molecule has 0 amide bonds. The second-order valence-corrected chi connectivity index (χ2v) is 3.59. The van der Waals surface area contributed by atoms with Crippen LogP contribution in [0.2, 0.25) is 0 Å². The van der Waals surface area contributed by atoms with E-state index >= 15 is 0 Å². The Labute approximate surface area is 75.5 Å². The number of ether oxygens (including phenoxy) is 1. The molecule has 0 fully saturated rings. The molecule has 1 unspecified atom stereocenters. The first-order chi connectivity index (χ1) is 5.79. The molecule has 0 aromatic heterocycles.